The van der Waals surface area contributed by atoms with Crippen LogP contribution in [0.25, 0.3) is 0 Å². The third-order valence-corrected chi connectivity index (χ3v) is 15.5. The molecule has 1 aromatic carbocycles. The summed E-state index contributed by atoms with van der Waals surface area (Å²) in [7, 11) is 7.02. The van der Waals surface area contributed by atoms with Gasteiger partial charge in [-0.05, 0) is 0 Å². The van der Waals surface area contributed by atoms with Crippen LogP contribution in [-0.2, 0) is 0 Å². The van der Waals surface area contributed by atoms with E-state index in [1.165, 1.54) is 73.5 Å². The standard InChI is InChI=1S/C12H26S.C6H5.H2S.Sb/c1-2-3-4-5-6-7-8-9-10-11-12-13;1-2-4-6-5-3-1;;/h13H,2-12H2,1H3;1-5H;1H2;/q;;;+2/p-2. The first-order valence-electron chi connectivity index (χ1n) is 8.51. The minimum atomic E-state index is -1.47. The fraction of sp³-hybridized carbons (Fsp3) is 0.667. The summed E-state index contributed by atoms with van der Waals surface area (Å²) in [4.78, 5) is 0. The molecular formula is C18H31S2Sb. The van der Waals surface area contributed by atoms with Gasteiger partial charge in [0.25, 0.3) is 0 Å². The van der Waals surface area contributed by atoms with Gasteiger partial charge in [0.15, 0.2) is 0 Å². The summed E-state index contributed by atoms with van der Waals surface area (Å²) >= 11 is -1.47. The first kappa shape index (κ1) is 19.8. The van der Waals surface area contributed by atoms with E-state index in [9.17, 15) is 0 Å². The summed E-state index contributed by atoms with van der Waals surface area (Å²) in [6.45, 7) is 2.29. The van der Waals surface area contributed by atoms with Gasteiger partial charge in [-0.2, -0.15) is 0 Å². The van der Waals surface area contributed by atoms with Gasteiger partial charge in [0.05, 0.1) is 0 Å². The van der Waals surface area contributed by atoms with Crippen molar-refractivity contribution in [2.24, 2.45) is 0 Å². The van der Waals surface area contributed by atoms with Gasteiger partial charge in [0.1, 0.15) is 0 Å². The fourth-order valence-electron chi connectivity index (χ4n) is 2.37. The van der Waals surface area contributed by atoms with E-state index in [2.05, 4.69) is 46.1 Å². The van der Waals surface area contributed by atoms with Gasteiger partial charge in [0.2, 0.25) is 0 Å². The van der Waals surface area contributed by atoms with Crippen molar-refractivity contribution < 1.29 is 0 Å². The summed E-state index contributed by atoms with van der Waals surface area (Å²) in [6, 6.07) is 10.9. The summed E-state index contributed by atoms with van der Waals surface area (Å²) in [5, 5.41) is 0. The average Bonchev–Trinajstić information content (AvgIpc) is 2.53. The molecule has 0 bridgehead atoms. The van der Waals surface area contributed by atoms with Crippen LogP contribution < -0.4 is 3.51 Å². The molecule has 0 saturated heterocycles. The van der Waals surface area contributed by atoms with Crippen LogP contribution in [0.1, 0.15) is 71.1 Å². The molecule has 0 atom stereocenters. The predicted molar refractivity (Wildman–Crippen MR) is 105 cm³/mol. The number of benzene rings is 1. The second kappa shape index (κ2) is 14.3. The monoisotopic (exact) mass is 432 g/mol. The molecule has 0 saturated carbocycles. The van der Waals surface area contributed by atoms with Gasteiger partial charge in [-0.15, -0.1) is 0 Å². The van der Waals surface area contributed by atoms with Crippen molar-refractivity contribution in [3.05, 3.63) is 30.3 Å². The molecular weight excluding hydrogens is 402 g/mol. The molecule has 0 nitrogen and oxygen atoms in total. The fourth-order valence-corrected chi connectivity index (χ4v) is 11.5. The predicted octanol–water partition coefficient (Wildman–Crippen LogP) is 5.97. The van der Waals surface area contributed by atoms with Crippen molar-refractivity contribution in [2.75, 3.05) is 5.75 Å². The molecule has 0 aromatic heterocycles. The topological polar surface area (TPSA) is 0 Å². The van der Waals surface area contributed by atoms with E-state index in [0.29, 0.717) is 0 Å². The number of hydrogen-bond donors (Lipinski definition) is 1. The molecule has 0 N–H and O–H groups in total. The number of rotatable bonds is 13. The molecule has 0 spiro atoms. The quantitative estimate of drug-likeness (QED) is 0.227. The van der Waals surface area contributed by atoms with Gasteiger partial charge in [-0.3, -0.25) is 0 Å². The van der Waals surface area contributed by atoms with Gasteiger partial charge in [-0.25, -0.2) is 0 Å². The van der Waals surface area contributed by atoms with Gasteiger partial charge >= 0.3 is 140 Å². The van der Waals surface area contributed by atoms with Crippen LogP contribution in [0.15, 0.2) is 30.3 Å². The molecule has 0 fully saturated rings. The molecule has 0 heterocycles. The number of hydrogen-bond acceptors (Lipinski definition) is 2. The Morgan fingerprint density at radius 1 is 0.810 bits per heavy atom. The van der Waals surface area contributed by atoms with Gasteiger partial charge in [-0.1, -0.05) is 6.92 Å². The van der Waals surface area contributed by atoms with Crippen molar-refractivity contribution in [1.82, 2.24) is 0 Å². The summed E-state index contributed by atoms with van der Waals surface area (Å²) in [5.74, 6) is 1.32. The molecule has 0 aliphatic carbocycles. The Kier molecular flexibility index (Phi) is 13.5. The summed E-state index contributed by atoms with van der Waals surface area (Å²) in [5.41, 5.74) is 0. The second-order valence-corrected chi connectivity index (χ2v) is 18.5. The Balaban J connectivity index is 1.86. The molecule has 120 valence electrons. The molecule has 0 amide bonds. The van der Waals surface area contributed by atoms with Crippen LogP contribution in [0.5, 0.6) is 0 Å². The maximum atomic E-state index is 4.86. The van der Waals surface area contributed by atoms with E-state index in [1.807, 2.05) is 0 Å². The molecule has 21 heavy (non-hydrogen) atoms. The molecule has 1 aromatic rings. The van der Waals surface area contributed by atoms with E-state index in [1.54, 1.807) is 0 Å². The Hall–Kier alpha value is 0.738. The molecule has 0 radical (unpaired) electrons. The van der Waals surface area contributed by atoms with Crippen molar-refractivity contribution >= 4 is 39.5 Å². The molecule has 3 heteroatoms. The van der Waals surface area contributed by atoms with Gasteiger partial charge < -0.3 is 0 Å². The maximum absolute atomic E-state index is 4.86. The third-order valence-electron chi connectivity index (χ3n) is 3.69. The van der Waals surface area contributed by atoms with Crippen LogP contribution >= 0.6 is 18.6 Å². The first-order chi connectivity index (χ1) is 10.3. The van der Waals surface area contributed by atoms with Gasteiger partial charge in [0, 0.05) is 0 Å². The van der Waals surface area contributed by atoms with Crippen LogP contribution in [0.2, 0.25) is 0 Å². The zero-order valence-corrected chi connectivity index (χ0v) is 17.7. The Labute approximate surface area is 146 Å². The third kappa shape index (κ3) is 11.0. The SMILES string of the molecule is CCCCCCCCCCCC[S][Sb]([SH])[c]1ccccc1. The van der Waals surface area contributed by atoms with E-state index in [-0.39, 0.29) is 0 Å². The molecule has 0 aliphatic rings. The van der Waals surface area contributed by atoms with Crippen LogP contribution in [-0.4, -0.2) is 23.2 Å². The van der Waals surface area contributed by atoms with Crippen molar-refractivity contribution in [1.29, 1.82) is 0 Å². The Morgan fingerprint density at radius 2 is 1.33 bits per heavy atom. The molecule has 0 aliphatic heterocycles. The zero-order chi connectivity index (χ0) is 15.2. The first-order valence-corrected chi connectivity index (χ1v) is 17.7. The van der Waals surface area contributed by atoms with Crippen LogP contribution in [0, 0.1) is 0 Å². The summed E-state index contributed by atoms with van der Waals surface area (Å²) < 4.78 is 1.51. The van der Waals surface area contributed by atoms with E-state index < -0.39 is 17.4 Å². The van der Waals surface area contributed by atoms with Crippen LogP contribution in [0.4, 0.5) is 0 Å². The van der Waals surface area contributed by atoms with Crippen molar-refractivity contribution in [3.63, 3.8) is 0 Å². The van der Waals surface area contributed by atoms with Crippen molar-refractivity contribution in [3.8, 4) is 0 Å². The summed E-state index contributed by atoms with van der Waals surface area (Å²) in [6.07, 6.45) is 14.3. The van der Waals surface area contributed by atoms with E-state index >= 15 is 0 Å². The average molecular weight is 433 g/mol. The van der Waals surface area contributed by atoms with Crippen molar-refractivity contribution in [2.45, 2.75) is 71.1 Å². The minimum absolute atomic E-state index is 1.32. The number of unbranched alkanes of at least 4 members (excludes halogenated alkanes) is 9. The van der Waals surface area contributed by atoms with E-state index in [4.69, 9.17) is 9.72 Å². The van der Waals surface area contributed by atoms with Crippen LogP contribution in [0.3, 0.4) is 0 Å². The van der Waals surface area contributed by atoms with E-state index in [0.717, 1.165) is 0 Å². The zero-order valence-electron chi connectivity index (χ0n) is 13.5. The number of thiol groups is 1. The Morgan fingerprint density at radius 3 is 1.90 bits per heavy atom. The second-order valence-electron chi connectivity index (χ2n) is 5.62. The normalized spacial score (nSPS) is 11.2. The Bertz CT molecular complexity index is 329. The molecule has 0 unspecified atom stereocenters. The molecule has 1 rings (SSSR count).